The van der Waals surface area contributed by atoms with Crippen LogP contribution in [0, 0.1) is 5.92 Å². The number of aliphatic carboxylic acids is 1. The van der Waals surface area contributed by atoms with Crippen molar-refractivity contribution in [3.05, 3.63) is 17.5 Å². The van der Waals surface area contributed by atoms with Crippen molar-refractivity contribution in [2.75, 3.05) is 12.3 Å². The Morgan fingerprint density at radius 2 is 2.33 bits per heavy atom. The van der Waals surface area contributed by atoms with Gasteiger partial charge in [-0.1, -0.05) is 13.0 Å². The van der Waals surface area contributed by atoms with Crippen molar-refractivity contribution < 1.29 is 14.7 Å². The monoisotopic (exact) mass is 287 g/mol. The van der Waals surface area contributed by atoms with Gasteiger partial charge in [-0.2, -0.15) is 0 Å². The highest BCUT2D eigenvalue weighted by molar-refractivity contribution is 8.01. The van der Waals surface area contributed by atoms with Crippen molar-refractivity contribution in [3.8, 4) is 0 Å². The van der Waals surface area contributed by atoms with Crippen LogP contribution in [0.4, 0.5) is 0 Å². The van der Waals surface area contributed by atoms with Crippen LogP contribution in [0.3, 0.4) is 0 Å². The Labute approximate surface area is 115 Å². The molecule has 0 saturated carbocycles. The van der Waals surface area contributed by atoms with Crippen LogP contribution >= 0.6 is 23.1 Å². The molecule has 1 atom stereocenters. The van der Waals surface area contributed by atoms with Crippen molar-refractivity contribution in [1.82, 2.24) is 5.32 Å². The zero-order chi connectivity index (χ0) is 13.4. The van der Waals surface area contributed by atoms with E-state index in [0.717, 1.165) is 4.21 Å². The van der Waals surface area contributed by atoms with Crippen LogP contribution in [0.2, 0.25) is 0 Å². The Bertz CT molecular complexity index is 379. The predicted molar refractivity (Wildman–Crippen MR) is 74.1 cm³/mol. The van der Waals surface area contributed by atoms with Crippen molar-refractivity contribution in [1.29, 1.82) is 0 Å². The van der Waals surface area contributed by atoms with E-state index in [0.29, 0.717) is 25.1 Å². The Morgan fingerprint density at radius 3 is 2.94 bits per heavy atom. The molecule has 0 aliphatic rings. The second kappa shape index (κ2) is 8.16. The Morgan fingerprint density at radius 1 is 1.56 bits per heavy atom. The number of hydrogen-bond acceptors (Lipinski definition) is 4. The quantitative estimate of drug-likeness (QED) is 0.569. The van der Waals surface area contributed by atoms with Gasteiger partial charge in [-0.3, -0.25) is 9.59 Å². The second-order valence-electron chi connectivity index (χ2n) is 3.95. The smallest absolute Gasteiger partial charge is 0.306 e. The summed E-state index contributed by atoms with van der Waals surface area (Å²) >= 11 is 3.13. The van der Waals surface area contributed by atoms with Crippen LogP contribution in [0.25, 0.3) is 0 Å². The van der Waals surface area contributed by atoms with Gasteiger partial charge >= 0.3 is 5.97 Å². The largest absolute Gasteiger partial charge is 0.481 e. The average Bonchev–Trinajstić information content (AvgIpc) is 2.84. The number of carbonyl (C=O) groups excluding carboxylic acids is 1. The van der Waals surface area contributed by atoms with Crippen LogP contribution in [0.15, 0.2) is 21.7 Å². The van der Waals surface area contributed by atoms with E-state index in [1.165, 1.54) is 11.8 Å². The highest BCUT2D eigenvalue weighted by Crippen LogP contribution is 2.22. The minimum Gasteiger partial charge on any atom is -0.481 e. The van der Waals surface area contributed by atoms with E-state index < -0.39 is 5.97 Å². The maximum absolute atomic E-state index is 11.5. The van der Waals surface area contributed by atoms with Crippen LogP contribution < -0.4 is 5.32 Å². The van der Waals surface area contributed by atoms with Gasteiger partial charge < -0.3 is 10.4 Å². The number of rotatable bonds is 8. The SMILES string of the molecule is CC(CCCNC(=O)CSc1cccs1)C(=O)O. The van der Waals surface area contributed by atoms with E-state index in [-0.39, 0.29) is 11.8 Å². The molecule has 0 radical (unpaired) electrons. The molecule has 2 N–H and O–H groups in total. The van der Waals surface area contributed by atoms with E-state index >= 15 is 0 Å². The molecule has 0 bridgehead atoms. The summed E-state index contributed by atoms with van der Waals surface area (Å²) in [7, 11) is 0. The lowest BCUT2D eigenvalue weighted by atomic mass is 10.1. The summed E-state index contributed by atoms with van der Waals surface area (Å²) in [5.41, 5.74) is 0. The van der Waals surface area contributed by atoms with E-state index in [1.54, 1.807) is 18.3 Å². The Kier molecular flexibility index (Phi) is 6.82. The molecule has 1 aromatic rings. The third kappa shape index (κ3) is 6.07. The zero-order valence-electron chi connectivity index (χ0n) is 10.2. The van der Waals surface area contributed by atoms with Gasteiger partial charge in [0.2, 0.25) is 5.91 Å². The predicted octanol–water partition coefficient (Wildman–Crippen LogP) is 2.46. The molecule has 1 rings (SSSR count). The molecular weight excluding hydrogens is 270 g/mol. The molecule has 0 aromatic carbocycles. The van der Waals surface area contributed by atoms with Gasteiger partial charge in [0, 0.05) is 6.54 Å². The third-order valence-corrected chi connectivity index (χ3v) is 4.53. The minimum atomic E-state index is -0.783. The third-order valence-electron chi connectivity index (χ3n) is 2.40. The summed E-state index contributed by atoms with van der Waals surface area (Å²) < 4.78 is 1.13. The zero-order valence-corrected chi connectivity index (χ0v) is 11.9. The van der Waals surface area contributed by atoms with Crippen LogP contribution in [-0.4, -0.2) is 29.3 Å². The van der Waals surface area contributed by atoms with Crippen LogP contribution in [0.1, 0.15) is 19.8 Å². The Balaban J connectivity index is 2.05. The Hall–Kier alpha value is -1.01. The number of hydrogen-bond donors (Lipinski definition) is 2. The highest BCUT2D eigenvalue weighted by Gasteiger charge is 2.10. The van der Waals surface area contributed by atoms with Gasteiger partial charge in [-0.25, -0.2) is 0 Å². The standard InChI is InChI=1S/C12H17NO3S2/c1-9(12(15)16)4-2-6-13-10(14)8-18-11-5-3-7-17-11/h3,5,7,9H,2,4,6,8H2,1H3,(H,13,14)(H,15,16). The molecular formula is C12H17NO3S2. The molecule has 0 fully saturated rings. The fourth-order valence-electron chi connectivity index (χ4n) is 1.29. The van der Waals surface area contributed by atoms with Crippen molar-refractivity contribution in [2.45, 2.75) is 24.0 Å². The summed E-state index contributed by atoms with van der Waals surface area (Å²) in [5.74, 6) is -0.719. The van der Waals surface area contributed by atoms with E-state index in [4.69, 9.17) is 5.11 Å². The first kappa shape index (κ1) is 15.0. The molecule has 1 amide bonds. The van der Waals surface area contributed by atoms with Gasteiger partial charge in [0.15, 0.2) is 0 Å². The molecule has 4 nitrogen and oxygen atoms in total. The number of thioether (sulfide) groups is 1. The number of carboxylic acid groups (broad SMARTS) is 1. The normalized spacial score (nSPS) is 12.1. The molecule has 0 spiro atoms. The number of carboxylic acids is 1. The number of amides is 1. The number of carbonyl (C=O) groups is 2. The fraction of sp³-hybridized carbons (Fsp3) is 0.500. The molecule has 0 aliphatic heterocycles. The average molecular weight is 287 g/mol. The first-order chi connectivity index (χ1) is 8.59. The molecule has 6 heteroatoms. The molecule has 0 saturated heterocycles. The molecule has 1 aromatic heterocycles. The topological polar surface area (TPSA) is 66.4 Å². The van der Waals surface area contributed by atoms with Gasteiger partial charge in [0.1, 0.15) is 0 Å². The fourth-order valence-corrected chi connectivity index (χ4v) is 2.91. The van der Waals surface area contributed by atoms with Gasteiger partial charge in [0.25, 0.3) is 0 Å². The molecule has 18 heavy (non-hydrogen) atoms. The summed E-state index contributed by atoms with van der Waals surface area (Å²) in [5, 5.41) is 13.5. The first-order valence-corrected chi connectivity index (χ1v) is 7.62. The molecule has 1 heterocycles. The van der Waals surface area contributed by atoms with Crippen molar-refractivity contribution in [3.63, 3.8) is 0 Å². The second-order valence-corrected chi connectivity index (χ2v) is 6.18. The maximum atomic E-state index is 11.5. The lowest BCUT2D eigenvalue weighted by Gasteiger charge is -2.07. The van der Waals surface area contributed by atoms with Gasteiger partial charge in [-0.15, -0.1) is 23.1 Å². The molecule has 0 aliphatic carbocycles. The van der Waals surface area contributed by atoms with E-state index in [9.17, 15) is 9.59 Å². The van der Waals surface area contributed by atoms with Crippen molar-refractivity contribution in [2.24, 2.45) is 5.92 Å². The van der Waals surface area contributed by atoms with Gasteiger partial charge in [-0.05, 0) is 24.3 Å². The van der Waals surface area contributed by atoms with E-state index in [2.05, 4.69) is 5.32 Å². The lowest BCUT2D eigenvalue weighted by molar-refractivity contribution is -0.141. The van der Waals surface area contributed by atoms with Gasteiger partial charge in [0.05, 0.1) is 15.9 Å². The van der Waals surface area contributed by atoms with Crippen LogP contribution in [0.5, 0.6) is 0 Å². The highest BCUT2D eigenvalue weighted by atomic mass is 32.2. The maximum Gasteiger partial charge on any atom is 0.306 e. The van der Waals surface area contributed by atoms with Crippen LogP contribution in [-0.2, 0) is 9.59 Å². The number of thiophene rings is 1. The lowest BCUT2D eigenvalue weighted by Crippen LogP contribution is -2.26. The molecule has 1 unspecified atom stereocenters. The summed E-state index contributed by atoms with van der Waals surface area (Å²) in [4.78, 5) is 22.0. The number of nitrogens with one attached hydrogen (secondary N) is 1. The summed E-state index contributed by atoms with van der Waals surface area (Å²) in [6.07, 6.45) is 1.29. The molecule has 100 valence electrons. The first-order valence-electron chi connectivity index (χ1n) is 5.75. The summed E-state index contributed by atoms with van der Waals surface area (Å²) in [6, 6.07) is 3.94. The van der Waals surface area contributed by atoms with E-state index in [1.807, 2.05) is 17.5 Å². The van der Waals surface area contributed by atoms with Crippen molar-refractivity contribution >= 4 is 35.0 Å². The summed E-state index contributed by atoms with van der Waals surface area (Å²) in [6.45, 7) is 2.22. The minimum absolute atomic E-state index is 0.00335.